The molecule has 0 unspecified atom stereocenters. The zero-order valence-corrected chi connectivity index (χ0v) is 14.7. The topological polar surface area (TPSA) is 66.1 Å². The highest BCUT2D eigenvalue weighted by molar-refractivity contribution is 5.93. The van der Waals surface area contributed by atoms with Crippen LogP contribution in [0, 0.1) is 17.8 Å². The smallest absolute Gasteiger partial charge is 0.263 e. The van der Waals surface area contributed by atoms with E-state index < -0.39 is 0 Å². The fraction of sp³-hybridized carbons (Fsp3) is 0.737. The summed E-state index contributed by atoms with van der Waals surface area (Å²) >= 11 is 0. The quantitative estimate of drug-likeness (QED) is 0.923. The van der Waals surface area contributed by atoms with Crippen LogP contribution in [-0.4, -0.2) is 34.4 Å². The van der Waals surface area contributed by atoms with Crippen molar-refractivity contribution in [3.05, 3.63) is 27.9 Å². The first kappa shape index (κ1) is 15.9. The third-order valence-electron chi connectivity index (χ3n) is 6.48. The molecule has 130 valence electrons. The van der Waals surface area contributed by atoms with E-state index in [1.165, 1.54) is 25.5 Å². The summed E-state index contributed by atoms with van der Waals surface area (Å²) in [7, 11) is 1.73. The Kier molecular flexibility index (Phi) is 3.77. The minimum atomic E-state index is -0.274. The second kappa shape index (κ2) is 5.71. The predicted octanol–water partition coefficient (Wildman–Crippen LogP) is 2.72. The zero-order chi connectivity index (χ0) is 16.9. The highest BCUT2D eigenvalue weighted by atomic mass is 16.2. The molecule has 0 spiro atoms. The largest absolute Gasteiger partial charge is 0.341 e. The Morgan fingerprint density at radius 2 is 1.83 bits per heavy atom. The Balaban J connectivity index is 1.63. The molecule has 0 aromatic carbocycles. The molecule has 5 rings (SSSR count). The van der Waals surface area contributed by atoms with Crippen molar-refractivity contribution in [1.29, 1.82) is 0 Å². The summed E-state index contributed by atoms with van der Waals surface area (Å²) in [5.74, 6) is 3.01. The van der Waals surface area contributed by atoms with E-state index in [0.29, 0.717) is 6.54 Å². The summed E-state index contributed by atoms with van der Waals surface area (Å²) in [5.41, 5.74) is -0.0479. The molecule has 24 heavy (non-hydrogen) atoms. The Hall–Kier alpha value is -1.65. The van der Waals surface area contributed by atoms with Crippen LogP contribution in [-0.2, 0) is 5.41 Å². The van der Waals surface area contributed by atoms with Gasteiger partial charge in [0.1, 0.15) is 11.4 Å². The van der Waals surface area contributed by atoms with Crippen molar-refractivity contribution < 1.29 is 4.79 Å². The van der Waals surface area contributed by atoms with E-state index in [4.69, 9.17) is 0 Å². The molecule has 0 atom stereocenters. The average Bonchev–Trinajstić information content (AvgIpc) is 2.53. The van der Waals surface area contributed by atoms with E-state index in [2.05, 4.69) is 9.97 Å². The first-order chi connectivity index (χ1) is 11.5. The summed E-state index contributed by atoms with van der Waals surface area (Å²) in [5, 5.41) is 0. The number of hydrogen-bond donors (Lipinski definition) is 1. The summed E-state index contributed by atoms with van der Waals surface area (Å²) in [6.07, 6.45) is 9.95. The minimum absolute atomic E-state index is 0.0603. The maximum Gasteiger partial charge on any atom is 0.263 e. The number of nitrogens with one attached hydrogen (secondary N) is 1. The molecule has 4 aliphatic carbocycles. The molecule has 5 nitrogen and oxygen atoms in total. The molecule has 4 fully saturated rings. The summed E-state index contributed by atoms with van der Waals surface area (Å²) in [6.45, 7) is 2.66. The molecule has 5 heteroatoms. The van der Waals surface area contributed by atoms with Crippen LogP contribution >= 0.6 is 0 Å². The van der Waals surface area contributed by atoms with E-state index in [1.54, 1.807) is 11.9 Å². The Morgan fingerprint density at radius 3 is 2.33 bits per heavy atom. The van der Waals surface area contributed by atoms with Gasteiger partial charge in [-0.15, -0.1) is 0 Å². The van der Waals surface area contributed by atoms with Crippen LogP contribution in [0.5, 0.6) is 0 Å². The van der Waals surface area contributed by atoms with Gasteiger partial charge in [0.05, 0.1) is 0 Å². The van der Waals surface area contributed by atoms with E-state index in [0.717, 1.165) is 49.3 Å². The van der Waals surface area contributed by atoms with Crippen LogP contribution in [0.3, 0.4) is 0 Å². The molecule has 4 saturated carbocycles. The van der Waals surface area contributed by atoms with Crippen LogP contribution in [0.4, 0.5) is 0 Å². The number of aromatic nitrogens is 2. The third-order valence-corrected chi connectivity index (χ3v) is 6.48. The van der Waals surface area contributed by atoms with Gasteiger partial charge in [-0.3, -0.25) is 9.59 Å². The standard InChI is InChI=1S/C19H27N3O2/c1-3-4-22(2)17(24)15-11-20-18(21-16(15)23)19-8-12-5-13(9-19)7-14(6-12)10-19/h11-14H,3-10H2,1-2H3,(H,20,21,23). The number of aromatic amines is 1. The fourth-order valence-electron chi connectivity index (χ4n) is 5.86. The third kappa shape index (κ3) is 2.49. The molecule has 1 aromatic heterocycles. The number of carbonyl (C=O) groups is 1. The maximum atomic E-state index is 12.5. The van der Waals surface area contributed by atoms with Crippen molar-refractivity contribution in [2.45, 2.75) is 57.3 Å². The Labute approximate surface area is 142 Å². The number of H-pyrrole nitrogens is 1. The van der Waals surface area contributed by atoms with Gasteiger partial charge in [-0.2, -0.15) is 0 Å². The first-order valence-corrected chi connectivity index (χ1v) is 9.36. The van der Waals surface area contributed by atoms with Gasteiger partial charge in [0, 0.05) is 25.2 Å². The van der Waals surface area contributed by atoms with E-state index in [1.807, 2.05) is 6.92 Å². The second-order valence-electron chi connectivity index (χ2n) is 8.40. The van der Waals surface area contributed by atoms with Crippen LogP contribution in [0.25, 0.3) is 0 Å². The van der Waals surface area contributed by atoms with Gasteiger partial charge < -0.3 is 9.88 Å². The lowest BCUT2D eigenvalue weighted by Crippen LogP contribution is -2.50. The van der Waals surface area contributed by atoms with Gasteiger partial charge in [-0.25, -0.2) is 4.98 Å². The number of hydrogen-bond acceptors (Lipinski definition) is 3. The molecule has 1 aromatic rings. The van der Waals surface area contributed by atoms with Crippen molar-refractivity contribution in [3.8, 4) is 0 Å². The molecule has 1 amide bonds. The SMILES string of the molecule is CCCN(C)C(=O)c1cnc(C23CC4CC(CC(C4)C2)C3)[nH]c1=O. The lowest BCUT2D eigenvalue weighted by atomic mass is 9.49. The monoisotopic (exact) mass is 329 g/mol. The molecule has 0 aliphatic heterocycles. The van der Waals surface area contributed by atoms with Crippen molar-refractivity contribution in [3.63, 3.8) is 0 Å². The minimum Gasteiger partial charge on any atom is -0.341 e. The predicted molar refractivity (Wildman–Crippen MR) is 92.0 cm³/mol. The molecule has 0 radical (unpaired) electrons. The number of nitrogens with zero attached hydrogens (tertiary/aromatic N) is 2. The number of carbonyl (C=O) groups excluding carboxylic acids is 1. The molecule has 4 aliphatic rings. The summed E-state index contributed by atoms with van der Waals surface area (Å²) < 4.78 is 0. The molecule has 4 bridgehead atoms. The fourth-order valence-corrected chi connectivity index (χ4v) is 5.86. The highest BCUT2D eigenvalue weighted by Crippen LogP contribution is 2.59. The number of amides is 1. The normalized spacial score (nSPS) is 33.7. The van der Waals surface area contributed by atoms with Gasteiger partial charge in [-0.05, 0) is 62.7 Å². The molecule has 1 N–H and O–H groups in total. The second-order valence-corrected chi connectivity index (χ2v) is 8.40. The van der Waals surface area contributed by atoms with Crippen molar-refractivity contribution >= 4 is 5.91 Å². The van der Waals surface area contributed by atoms with Gasteiger partial charge in [-0.1, -0.05) is 6.92 Å². The lowest BCUT2D eigenvalue weighted by Gasteiger charge is -2.56. The van der Waals surface area contributed by atoms with Crippen LogP contribution in [0.1, 0.15) is 68.1 Å². The van der Waals surface area contributed by atoms with Crippen LogP contribution in [0.15, 0.2) is 11.0 Å². The Bertz CT molecular complexity index is 674. The van der Waals surface area contributed by atoms with Crippen molar-refractivity contribution in [2.75, 3.05) is 13.6 Å². The summed E-state index contributed by atoms with van der Waals surface area (Å²) in [4.78, 5) is 34.1. The Morgan fingerprint density at radius 1 is 1.25 bits per heavy atom. The highest BCUT2D eigenvalue weighted by Gasteiger charge is 2.52. The first-order valence-electron chi connectivity index (χ1n) is 9.36. The molecular formula is C19H27N3O2. The van der Waals surface area contributed by atoms with Crippen molar-refractivity contribution in [1.82, 2.24) is 14.9 Å². The van der Waals surface area contributed by atoms with Gasteiger partial charge >= 0.3 is 0 Å². The molecule has 1 heterocycles. The van der Waals surface area contributed by atoms with E-state index in [-0.39, 0.29) is 22.4 Å². The van der Waals surface area contributed by atoms with E-state index in [9.17, 15) is 9.59 Å². The molecule has 0 saturated heterocycles. The summed E-state index contributed by atoms with van der Waals surface area (Å²) in [6, 6.07) is 0. The molecular weight excluding hydrogens is 302 g/mol. The van der Waals surface area contributed by atoms with Gasteiger partial charge in [0.2, 0.25) is 0 Å². The van der Waals surface area contributed by atoms with Crippen LogP contribution < -0.4 is 5.56 Å². The maximum absolute atomic E-state index is 12.5. The van der Waals surface area contributed by atoms with Gasteiger partial charge in [0.15, 0.2) is 0 Å². The van der Waals surface area contributed by atoms with Crippen LogP contribution in [0.2, 0.25) is 0 Å². The number of rotatable bonds is 4. The van der Waals surface area contributed by atoms with Gasteiger partial charge in [0.25, 0.3) is 11.5 Å². The lowest BCUT2D eigenvalue weighted by molar-refractivity contribution is -0.00954. The van der Waals surface area contributed by atoms with Crippen molar-refractivity contribution in [2.24, 2.45) is 17.8 Å². The average molecular weight is 329 g/mol. The van der Waals surface area contributed by atoms with E-state index >= 15 is 0 Å². The zero-order valence-electron chi connectivity index (χ0n) is 14.7.